The van der Waals surface area contributed by atoms with Crippen molar-refractivity contribution in [2.75, 3.05) is 32.9 Å². The molecular formula is C25H23N3O6S. The monoisotopic (exact) mass is 493 g/mol. The summed E-state index contributed by atoms with van der Waals surface area (Å²) in [6, 6.07) is 3.86. The third-order valence-corrected chi connectivity index (χ3v) is 7.32. The first kappa shape index (κ1) is 21.9. The Morgan fingerprint density at radius 3 is 2.80 bits per heavy atom. The summed E-state index contributed by atoms with van der Waals surface area (Å²) in [5, 5.41) is 6.04. The van der Waals surface area contributed by atoms with Crippen molar-refractivity contribution in [1.82, 2.24) is 9.55 Å². The number of anilines is 1. The average molecular weight is 494 g/mol. The number of rotatable bonds is 7. The molecule has 0 saturated carbocycles. The van der Waals surface area contributed by atoms with Crippen LogP contribution < -0.4 is 20.3 Å². The predicted octanol–water partition coefficient (Wildman–Crippen LogP) is 3.31. The lowest BCUT2D eigenvalue weighted by molar-refractivity contribution is 0.0536. The Hall–Kier alpha value is -3.63. The van der Waals surface area contributed by atoms with Gasteiger partial charge in [-0.25, -0.2) is 4.98 Å². The Balaban J connectivity index is 1.48. The summed E-state index contributed by atoms with van der Waals surface area (Å²) in [6.07, 6.45) is 3.72. The molecule has 35 heavy (non-hydrogen) atoms. The van der Waals surface area contributed by atoms with E-state index in [0.29, 0.717) is 54.3 Å². The highest BCUT2D eigenvalue weighted by molar-refractivity contribution is 7.13. The van der Waals surface area contributed by atoms with Gasteiger partial charge in [0.1, 0.15) is 5.76 Å². The van der Waals surface area contributed by atoms with Crippen LogP contribution in [0.2, 0.25) is 0 Å². The van der Waals surface area contributed by atoms with Gasteiger partial charge in [0, 0.05) is 49.3 Å². The number of pyridine rings is 1. The van der Waals surface area contributed by atoms with Gasteiger partial charge in [0.15, 0.2) is 28.5 Å². The first-order valence-corrected chi connectivity index (χ1v) is 12.2. The van der Waals surface area contributed by atoms with Crippen molar-refractivity contribution in [2.45, 2.75) is 25.5 Å². The SMILES string of the molecule is COC1=Cc2c(c3c(n(CCCNc4nccs4)c2=O)-c2cc4c(cc2C3)OCO4)C(=O)C1OC. The zero-order valence-corrected chi connectivity index (χ0v) is 20.1. The molecule has 2 aliphatic carbocycles. The molecule has 9 nitrogen and oxygen atoms in total. The molecule has 3 aromatic rings. The van der Waals surface area contributed by atoms with Gasteiger partial charge >= 0.3 is 0 Å². The van der Waals surface area contributed by atoms with Crippen LogP contribution in [0.3, 0.4) is 0 Å². The van der Waals surface area contributed by atoms with Gasteiger partial charge < -0.3 is 28.8 Å². The normalized spacial score (nSPS) is 17.0. The molecule has 1 N–H and O–H groups in total. The minimum Gasteiger partial charge on any atom is -0.498 e. The number of hydrogen-bond donors (Lipinski definition) is 1. The topological polar surface area (TPSA) is 101 Å². The van der Waals surface area contributed by atoms with E-state index in [0.717, 1.165) is 27.5 Å². The van der Waals surface area contributed by atoms with Crippen molar-refractivity contribution in [2.24, 2.45) is 0 Å². The first-order chi connectivity index (χ1) is 17.1. The van der Waals surface area contributed by atoms with Crippen LogP contribution in [-0.2, 0) is 22.4 Å². The summed E-state index contributed by atoms with van der Waals surface area (Å²) in [5.41, 5.74) is 4.00. The Kier molecular flexibility index (Phi) is 5.34. The number of hydrogen-bond acceptors (Lipinski definition) is 9. The fourth-order valence-corrected chi connectivity index (χ4v) is 5.62. The Morgan fingerprint density at radius 1 is 1.23 bits per heavy atom. The molecule has 0 spiro atoms. The van der Waals surface area contributed by atoms with Crippen LogP contribution in [0.1, 0.15) is 33.5 Å². The van der Waals surface area contributed by atoms with E-state index in [4.69, 9.17) is 18.9 Å². The summed E-state index contributed by atoms with van der Waals surface area (Å²) in [5.74, 6) is 1.38. The number of ether oxygens (including phenoxy) is 4. The van der Waals surface area contributed by atoms with Crippen LogP contribution in [0.15, 0.2) is 34.3 Å². The zero-order valence-electron chi connectivity index (χ0n) is 19.3. The molecule has 3 heterocycles. The molecule has 180 valence electrons. The van der Waals surface area contributed by atoms with Gasteiger partial charge in [-0.1, -0.05) is 0 Å². The maximum Gasteiger partial charge on any atom is 0.259 e. The molecule has 0 saturated heterocycles. The number of nitrogens with one attached hydrogen (secondary N) is 1. The van der Waals surface area contributed by atoms with Crippen LogP contribution in [0, 0.1) is 0 Å². The number of aromatic nitrogens is 2. The third-order valence-electron chi connectivity index (χ3n) is 6.59. The second kappa shape index (κ2) is 8.54. The van der Waals surface area contributed by atoms with Crippen LogP contribution in [0.4, 0.5) is 5.13 Å². The molecule has 0 bridgehead atoms. The van der Waals surface area contributed by atoms with Gasteiger partial charge in [0.2, 0.25) is 6.79 Å². The average Bonchev–Trinajstić information content (AvgIpc) is 3.61. The summed E-state index contributed by atoms with van der Waals surface area (Å²) in [4.78, 5) is 31.6. The lowest BCUT2D eigenvalue weighted by Gasteiger charge is -2.26. The molecule has 2 aromatic heterocycles. The van der Waals surface area contributed by atoms with E-state index in [9.17, 15) is 9.59 Å². The van der Waals surface area contributed by atoms with E-state index in [1.54, 1.807) is 16.8 Å². The molecule has 0 amide bonds. The minimum atomic E-state index is -0.880. The van der Waals surface area contributed by atoms with E-state index < -0.39 is 6.10 Å². The van der Waals surface area contributed by atoms with E-state index in [1.165, 1.54) is 25.6 Å². The maximum absolute atomic E-state index is 13.8. The van der Waals surface area contributed by atoms with Gasteiger partial charge in [-0.15, -0.1) is 11.3 Å². The van der Waals surface area contributed by atoms with Crippen LogP contribution in [0.5, 0.6) is 11.5 Å². The number of fused-ring (bicyclic) bond motifs is 6. The molecule has 3 aliphatic rings. The van der Waals surface area contributed by atoms with E-state index in [1.807, 2.05) is 17.5 Å². The smallest absolute Gasteiger partial charge is 0.259 e. The Bertz CT molecular complexity index is 1430. The van der Waals surface area contributed by atoms with E-state index >= 15 is 0 Å². The number of thiazole rings is 1. The minimum absolute atomic E-state index is 0.170. The standard InChI is InChI=1S/C25H23N3O6S/c1-31-19-11-16-20(22(29)23(19)32-2)15-8-13-9-17-18(34-12-33-17)10-14(13)21(15)28(24(16)30)6-3-4-26-25-27-5-7-35-25/h5,7,9-11,23H,3-4,6,8,12H2,1-2H3,(H,26,27). The van der Waals surface area contributed by atoms with E-state index in [-0.39, 0.29) is 18.1 Å². The summed E-state index contributed by atoms with van der Waals surface area (Å²) < 4.78 is 23.8. The van der Waals surface area contributed by atoms with Crippen molar-refractivity contribution in [3.63, 3.8) is 0 Å². The van der Waals surface area contributed by atoms with Crippen molar-refractivity contribution in [3.05, 3.63) is 62.1 Å². The highest BCUT2D eigenvalue weighted by Crippen LogP contribution is 2.46. The fraction of sp³-hybridized carbons (Fsp3) is 0.320. The second-order valence-electron chi connectivity index (χ2n) is 8.46. The van der Waals surface area contributed by atoms with Crippen LogP contribution >= 0.6 is 11.3 Å². The quantitative estimate of drug-likeness (QED) is 0.392. The van der Waals surface area contributed by atoms with Crippen molar-refractivity contribution in [1.29, 1.82) is 0 Å². The number of carbonyl (C=O) groups is 1. The number of benzene rings is 1. The van der Waals surface area contributed by atoms with E-state index in [2.05, 4.69) is 10.3 Å². The van der Waals surface area contributed by atoms with Crippen molar-refractivity contribution in [3.8, 4) is 22.8 Å². The van der Waals surface area contributed by atoms with Crippen molar-refractivity contribution < 1.29 is 23.7 Å². The first-order valence-electron chi connectivity index (χ1n) is 11.3. The number of Topliss-reactive ketones (excluding diaryl/α,β-unsaturated/α-hetero) is 1. The van der Waals surface area contributed by atoms with Gasteiger partial charge in [-0.2, -0.15) is 0 Å². The van der Waals surface area contributed by atoms with Gasteiger partial charge in [-0.3, -0.25) is 9.59 Å². The molecular weight excluding hydrogens is 470 g/mol. The molecule has 0 radical (unpaired) electrons. The van der Waals surface area contributed by atoms with Gasteiger partial charge in [-0.05, 0) is 35.8 Å². The molecule has 1 aromatic carbocycles. The number of nitrogens with zero attached hydrogens (tertiary/aromatic N) is 2. The second-order valence-corrected chi connectivity index (χ2v) is 9.35. The fourth-order valence-electron chi connectivity index (χ4n) is 5.06. The zero-order chi connectivity index (χ0) is 24.1. The molecule has 1 aliphatic heterocycles. The highest BCUT2D eigenvalue weighted by Gasteiger charge is 2.39. The Morgan fingerprint density at radius 2 is 2.06 bits per heavy atom. The van der Waals surface area contributed by atoms with Crippen molar-refractivity contribution >= 4 is 28.3 Å². The lowest BCUT2D eigenvalue weighted by atomic mass is 9.88. The molecule has 10 heteroatoms. The van der Waals surface area contributed by atoms with Gasteiger partial charge in [0.25, 0.3) is 5.56 Å². The summed E-state index contributed by atoms with van der Waals surface area (Å²) in [6.45, 7) is 1.30. The predicted molar refractivity (Wildman–Crippen MR) is 130 cm³/mol. The van der Waals surface area contributed by atoms with Gasteiger partial charge in [0.05, 0.1) is 18.4 Å². The summed E-state index contributed by atoms with van der Waals surface area (Å²) >= 11 is 1.53. The molecule has 1 atom stereocenters. The third kappa shape index (κ3) is 3.43. The summed E-state index contributed by atoms with van der Waals surface area (Å²) in [7, 11) is 2.94. The molecule has 0 fully saturated rings. The molecule has 6 rings (SSSR count). The number of carbonyl (C=O) groups excluding carboxylic acids is 1. The highest BCUT2D eigenvalue weighted by atomic mass is 32.1. The lowest BCUT2D eigenvalue weighted by Crippen LogP contribution is -2.36. The maximum atomic E-state index is 13.8. The Labute approximate surface area is 204 Å². The number of ketones is 1. The largest absolute Gasteiger partial charge is 0.498 e. The van der Waals surface area contributed by atoms with Crippen LogP contribution in [-0.4, -0.2) is 49.0 Å². The number of methoxy groups -OCH3 is 2. The van der Waals surface area contributed by atoms with Crippen LogP contribution in [0.25, 0.3) is 17.3 Å². The molecule has 1 unspecified atom stereocenters.